The molecule has 29 heavy (non-hydrogen) atoms. The summed E-state index contributed by atoms with van der Waals surface area (Å²) in [5.41, 5.74) is 2.41. The zero-order valence-electron chi connectivity index (χ0n) is 16.4. The van der Waals surface area contributed by atoms with Crippen LogP contribution in [-0.2, 0) is 0 Å². The van der Waals surface area contributed by atoms with E-state index in [4.69, 9.17) is 9.47 Å². The van der Waals surface area contributed by atoms with Crippen molar-refractivity contribution in [3.8, 4) is 17.2 Å². The highest BCUT2D eigenvalue weighted by molar-refractivity contribution is 5.95. The first kappa shape index (κ1) is 18.8. The van der Waals surface area contributed by atoms with Gasteiger partial charge in [0.05, 0.1) is 32.3 Å². The highest BCUT2D eigenvalue weighted by atomic mass is 16.5. The molecule has 2 aromatic carbocycles. The Hall–Kier alpha value is -3.55. The maximum atomic E-state index is 12.8. The van der Waals surface area contributed by atoms with E-state index in [1.54, 1.807) is 37.4 Å². The van der Waals surface area contributed by atoms with Gasteiger partial charge in [0.25, 0.3) is 5.91 Å². The number of benzene rings is 2. The van der Waals surface area contributed by atoms with E-state index in [1.165, 1.54) is 0 Å². The van der Waals surface area contributed by atoms with Gasteiger partial charge < -0.3 is 19.7 Å². The number of methoxy groups -OCH3 is 2. The lowest BCUT2D eigenvalue weighted by atomic mass is 10.1. The number of anilines is 1. The molecule has 0 unspecified atom stereocenters. The summed E-state index contributed by atoms with van der Waals surface area (Å²) >= 11 is 0. The molecule has 150 valence electrons. The van der Waals surface area contributed by atoms with Gasteiger partial charge in [0.15, 0.2) is 0 Å². The highest BCUT2D eigenvalue weighted by Gasteiger charge is 2.25. The summed E-state index contributed by atoms with van der Waals surface area (Å²) in [6.07, 6.45) is 4.22. The molecule has 4 rings (SSSR count). The molecular formula is C21H23N5O3. The van der Waals surface area contributed by atoms with Crippen molar-refractivity contribution in [2.75, 3.05) is 32.2 Å². The van der Waals surface area contributed by atoms with Crippen LogP contribution in [0.5, 0.6) is 11.5 Å². The largest absolute Gasteiger partial charge is 0.497 e. The van der Waals surface area contributed by atoms with Gasteiger partial charge in [-0.2, -0.15) is 0 Å². The standard InChI is InChI=1S/C21H23N5O3/c1-28-19-11-18(12-20(13-19)29-2)25-8-6-16(14-25)23-21(27)15-4-3-5-17(10-15)26-9-7-22-24-26/h3-5,7,9-13,16H,6,8,14H2,1-2H3,(H,23,27)/t16-/m0/s1. The minimum Gasteiger partial charge on any atom is -0.497 e. The van der Waals surface area contributed by atoms with Gasteiger partial charge in [-0.3, -0.25) is 4.79 Å². The molecule has 8 heteroatoms. The second-order valence-electron chi connectivity index (χ2n) is 6.87. The van der Waals surface area contributed by atoms with E-state index < -0.39 is 0 Å². The Balaban J connectivity index is 1.43. The summed E-state index contributed by atoms with van der Waals surface area (Å²) in [6, 6.07) is 13.2. The van der Waals surface area contributed by atoms with Gasteiger partial charge in [-0.1, -0.05) is 11.3 Å². The van der Waals surface area contributed by atoms with Crippen molar-refractivity contribution in [2.24, 2.45) is 0 Å². The Morgan fingerprint density at radius 1 is 1.10 bits per heavy atom. The van der Waals surface area contributed by atoms with Crippen LogP contribution in [0.2, 0.25) is 0 Å². The van der Waals surface area contributed by atoms with Crippen LogP contribution >= 0.6 is 0 Å². The molecule has 1 atom stereocenters. The summed E-state index contributed by atoms with van der Waals surface area (Å²) in [6.45, 7) is 1.57. The third kappa shape index (κ3) is 4.16. The SMILES string of the molecule is COc1cc(OC)cc(N2CC[C@H](NC(=O)c3cccc(-n4ccnn4)c3)C2)c1. The lowest BCUT2D eigenvalue weighted by molar-refractivity contribution is 0.0940. The van der Waals surface area contributed by atoms with Crippen LogP contribution in [0.1, 0.15) is 16.8 Å². The molecule has 0 radical (unpaired) electrons. The van der Waals surface area contributed by atoms with E-state index in [9.17, 15) is 4.79 Å². The topological polar surface area (TPSA) is 81.5 Å². The van der Waals surface area contributed by atoms with Gasteiger partial charge >= 0.3 is 0 Å². The normalized spacial score (nSPS) is 15.9. The number of hydrogen-bond donors (Lipinski definition) is 1. The molecule has 1 aromatic heterocycles. The van der Waals surface area contributed by atoms with Crippen LogP contribution in [0.25, 0.3) is 5.69 Å². The predicted molar refractivity (Wildman–Crippen MR) is 109 cm³/mol. The van der Waals surface area contributed by atoms with Crippen LogP contribution in [-0.4, -0.2) is 54.3 Å². The van der Waals surface area contributed by atoms with Crippen molar-refractivity contribution in [2.45, 2.75) is 12.5 Å². The maximum absolute atomic E-state index is 12.8. The van der Waals surface area contributed by atoms with Gasteiger partial charge in [0.2, 0.25) is 0 Å². The minimum absolute atomic E-state index is 0.0646. The summed E-state index contributed by atoms with van der Waals surface area (Å²) in [5, 5.41) is 10.9. The van der Waals surface area contributed by atoms with Crippen molar-refractivity contribution in [1.29, 1.82) is 0 Å². The number of amides is 1. The molecule has 1 aliphatic rings. The number of carbonyl (C=O) groups is 1. The predicted octanol–water partition coefficient (Wildman–Crippen LogP) is 2.29. The van der Waals surface area contributed by atoms with Gasteiger partial charge in [-0.25, -0.2) is 4.68 Å². The molecule has 0 saturated carbocycles. The summed E-state index contributed by atoms with van der Waals surface area (Å²) in [7, 11) is 3.28. The van der Waals surface area contributed by atoms with Gasteiger partial charge in [0, 0.05) is 48.6 Å². The van der Waals surface area contributed by atoms with Crippen molar-refractivity contribution < 1.29 is 14.3 Å². The van der Waals surface area contributed by atoms with E-state index in [1.807, 2.05) is 36.4 Å². The molecule has 3 aromatic rings. The average molecular weight is 393 g/mol. The van der Waals surface area contributed by atoms with Crippen molar-refractivity contribution >= 4 is 11.6 Å². The molecule has 1 aliphatic heterocycles. The zero-order chi connectivity index (χ0) is 20.2. The Bertz CT molecular complexity index is 967. The quantitative estimate of drug-likeness (QED) is 0.692. The number of rotatable bonds is 6. The van der Waals surface area contributed by atoms with Crippen LogP contribution < -0.4 is 19.7 Å². The number of nitrogens with one attached hydrogen (secondary N) is 1. The number of ether oxygens (including phenoxy) is 2. The molecular weight excluding hydrogens is 370 g/mol. The summed E-state index contributed by atoms with van der Waals surface area (Å²) in [5.74, 6) is 1.40. The molecule has 1 amide bonds. The Morgan fingerprint density at radius 3 is 2.59 bits per heavy atom. The second-order valence-corrected chi connectivity index (χ2v) is 6.87. The van der Waals surface area contributed by atoms with Crippen molar-refractivity contribution in [3.05, 3.63) is 60.4 Å². The smallest absolute Gasteiger partial charge is 0.251 e. The molecule has 1 N–H and O–H groups in total. The number of carbonyl (C=O) groups excluding carboxylic acids is 1. The maximum Gasteiger partial charge on any atom is 0.251 e. The van der Waals surface area contributed by atoms with E-state index in [0.717, 1.165) is 42.4 Å². The molecule has 0 bridgehead atoms. The van der Waals surface area contributed by atoms with Crippen molar-refractivity contribution in [1.82, 2.24) is 20.3 Å². The Labute approximate surface area is 169 Å². The number of aromatic nitrogens is 3. The lowest BCUT2D eigenvalue weighted by Gasteiger charge is -2.20. The van der Waals surface area contributed by atoms with Crippen LogP contribution in [0.4, 0.5) is 5.69 Å². The van der Waals surface area contributed by atoms with Crippen molar-refractivity contribution in [3.63, 3.8) is 0 Å². The molecule has 1 fully saturated rings. The first-order valence-corrected chi connectivity index (χ1v) is 9.42. The molecule has 0 aliphatic carbocycles. The van der Waals surface area contributed by atoms with E-state index in [-0.39, 0.29) is 11.9 Å². The third-order valence-electron chi connectivity index (χ3n) is 5.02. The summed E-state index contributed by atoms with van der Waals surface area (Å²) in [4.78, 5) is 15.0. The van der Waals surface area contributed by atoms with E-state index in [0.29, 0.717) is 5.56 Å². The molecule has 1 saturated heterocycles. The number of nitrogens with zero attached hydrogens (tertiary/aromatic N) is 4. The summed E-state index contributed by atoms with van der Waals surface area (Å²) < 4.78 is 12.3. The average Bonchev–Trinajstić information content (AvgIpc) is 3.46. The van der Waals surface area contributed by atoms with Gasteiger partial charge in [-0.15, -0.1) is 5.10 Å². The minimum atomic E-state index is -0.0953. The molecule has 8 nitrogen and oxygen atoms in total. The van der Waals surface area contributed by atoms with Gasteiger partial charge in [0.1, 0.15) is 11.5 Å². The first-order valence-electron chi connectivity index (χ1n) is 9.42. The lowest BCUT2D eigenvalue weighted by Crippen LogP contribution is -2.37. The zero-order valence-corrected chi connectivity index (χ0v) is 16.4. The van der Waals surface area contributed by atoms with Crippen LogP contribution in [0.15, 0.2) is 54.9 Å². The Kier molecular flexibility index (Phi) is 5.33. The fraction of sp³-hybridized carbons (Fsp3) is 0.286. The fourth-order valence-electron chi connectivity index (χ4n) is 3.49. The van der Waals surface area contributed by atoms with Crippen LogP contribution in [0, 0.1) is 0 Å². The highest BCUT2D eigenvalue weighted by Crippen LogP contribution is 2.30. The van der Waals surface area contributed by atoms with Gasteiger partial charge in [-0.05, 0) is 24.6 Å². The monoisotopic (exact) mass is 393 g/mol. The first-order chi connectivity index (χ1) is 14.2. The van der Waals surface area contributed by atoms with Crippen LogP contribution in [0.3, 0.4) is 0 Å². The number of hydrogen-bond acceptors (Lipinski definition) is 6. The van der Waals surface area contributed by atoms with E-state index >= 15 is 0 Å². The second kappa shape index (κ2) is 8.22. The molecule has 2 heterocycles. The fourth-order valence-corrected chi connectivity index (χ4v) is 3.49. The van der Waals surface area contributed by atoms with E-state index in [2.05, 4.69) is 20.5 Å². The Morgan fingerprint density at radius 2 is 1.90 bits per heavy atom. The molecule has 0 spiro atoms. The third-order valence-corrected chi connectivity index (χ3v) is 5.02.